The molecule has 1 rings (SSSR count). The van der Waals surface area contributed by atoms with Crippen molar-refractivity contribution in [1.82, 2.24) is 0 Å². The second kappa shape index (κ2) is 3.69. The molecule has 0 spiro atoms. The van der Waals surface area contributed by atoms with Gasteiger partial charge >= 0.3 is 0 Å². The predicted molar refractivity (Wildman–Crippen MR) is 41.6 cm³/mol. The van der Waals surface area contributed by atoms with E-state index in [0.717, 1.165) is 6.07 Å². The lowest BCUT2D eigenvalue weighted by atomic mass is 10.2. The van der Waals surface area contributed by atoms with Gasteiger partial charge in [0.2, 0.25) is 6.08 Å². The number of aliphatic imine (C=N–C) groups is 1. The molecule has 0 amide bonds. The molecule has 13 heavy (non-hydrogen) atoms. The fourth-order valence-corrected chi connectivity index (χ4v) is 0.836. The largest absolute Gasteiger partial charge is 0.504 e. The number of benzene rings is 1. The third kappa shape index (κ3) is 1.83. The zero-order chi connectivity index (χ0) is 9.84. The number of hydrogen-bond donors (Lipinski definition) is 2. The Balaban J connectivity index is 3.10. The van der Waals surface area contributed by atoms with E-state index in [4.69, 9.17) is 10.2 Å². The van der Waals surface area contributed by atoms with Crippen molar-refractivity contribution in [3.8, 4) is 11.5 Å². The van der Waals surface area contributed by atoms with Gasteiger partial charge in [0.1, 0.15) is 0 Å². The summed E-state index contributed by atoms with van der Waals surface area (Å²) in [6.45, 7) is -0.205. The summed E-state index contributed by atoms with van der Waals surface area (Å²) >= 11 is 0. The maximum absolute atomic E-state index is 13.0. The van der Waals surface area contributed by atoms with Gasteiger partial charge in [-0.15, -0.1) is 0 Å². The quantitative estimate of drug-likeness (QED) is 0.409. The first-order valence-electron chi connectivity index (χ1n) is 3.39. The van der Waals surface area contributed by atoms with Crippen molar-refractivity contribution in [2.75, 3.05) is 0 Å². The summed E-state index contributed by atoms with van der Waals surface area (Å²) in [6.07, 6.45) is 1.24. The Kier molecular flexibility index (Phi) is 2.62. The summed E-state index contributed by atoms with van der Waals surface area (Å²) < 4.78 is 13.0. The van der Waals surface area contributed by atoms with Crippen molar-refractivity contribution in [3.63, 3.8) is 0 Å². The molecule has 68 valence electrons. The van der Waals surface area contributed by atoms with Crippen molar-refractivity contribution in [1.29, 1.82) is 0 Å². The molecule has 0 atom stereocenters. The fourth-order valence-electron chi connectivity index (χ4n) is 0.836. The van der Waals surface area contributed by atoms with E-state index in [1.165, 1.54) is 12.1 Å². The topological polar surface area (TPSA) is 69.9 Å². The molecule has 0 unspecified atom stereocenters. The highest BCUT2D eigenvalue weighted by molar-refractivity contribution is 5.43. The molecule has 0 saturated carbocycles. The number of nitrogens with zero attached hydrogens (tertiary/aromatic N) is 1. The predicted octanol–water partition coefficient (Wildman–Crippen LogP) is 1.07. The fraction of sp³-hybridized carbons (Fsp3) is 0.125. The van der Waals surface area contributed by atoms with Crippen LogP contribution in [0.5, 0.6) is 11.5 Å². The number of hydrogen-bond acceptors (Lipinski definition) is 4. The van der Waals surface area contributed by atoms with Crippen LogP contribution in [0.3, 0.4) is 0 Å². The van der Waals surface area contributed by atoms with Crippen molar-refractivity contribution < 1.29 is 19.4 Å². The summed E-state index contributed by atoms with van der Waals surface area (Å²) in [5.41, 5.74) is 0.0265. The highest BCUT2D eigenvalue weighted by atomic mass is 19.1. The third-order valence-corrected chi connectivity index (χ3v) is 1.49. The minimum absolute atomic E-state index is 0.0265. The van der Waals surface area contributed by atoms with E-state index >= 15 is 0 Å². The van der Waals surface area contributed by atoms with Crippen LogP contribution >= 0.6 is 0 Å². The van der Waals surface area contributed by atoms with Crippen LogP contribution in [-0.2, 0) is 11.3 Å². The van der Waals surface area contributed by atoms with Gasteiger partial charge in [-0.05, 0) is 6.07 Å². The van der Waals surface area contributed by atoms with E-state index in [1.54, 1.807) is 0 Å². The van der Waals surface area contributed by atoms with Gasteiger partial charge in [-0.3, -0.25) is 0 Å². The van der Waals surface area contributed by atoms with Crippen molar-refractivity contribution in [3.05, 3.63) is 23.5 Å². The van der Waals surface area contributed by atoms with Gasteiger partial charge in [0.15, 0.2) is 17.3 Å². The van der Waals surface area contributed by atoms with E-state index in [0.29, 0.717) is 0 Å². The smallest absolute Gasteiger partial charge is 0.235 e. The highest BCUT2D eigenvalue weighted by Gasteiger charge is 2.10. The molecular weight excluding hydrogens is 177 g/mol. The first-order chi connectivity index (χ1) is 6.16. The molecule has 0 heterocycles. The number of rotatable bonds is 2. The molecule has 0 saturated heterocycles. The summed E-state index contributed by atoms with van der Waals surface area (Å²) in [4.78, 5) is 12.9. The van der Waals surface area contributed by atoms with Crippen LogP contribution < -0.4 is 0 Å². The summed E-state index contributed by atoms with van der Waals surface area (Å²) in [6, 6.07) is 2.35. The first kappa shape index (κ1) is 9.22. The summed E-state index contributed by atoms with van der Waals surface area (Å²) in [5.74, 6) is -2.35. The standard InChI is InChI=1S/C8H6FNO3/c9-7-5(3-10-4-11)1-2-6(12)8(7)13/h1-2,12-13H,3H2. The van der Waals surface area contributed by atoms with Crippen molar-refractivity contribution >= 4 is 6.08 Å². The zero-order valence-electron chi connectivity index (χ0n) is 6.49. The summed E-state index contributed by atoms with van der Waals surface area (Å²) in [7, 11) is 0. The van der Waals surface area contributed by atoms with Crippen LogP contribution in [-0.4, -0.2) is 16.3 Å². The number of carbonyl (C=O) groups excluding carboxylic acids is 1. The second-order valence-corrected chi connectivity index (χ2v) is 2.31. The van der Waals surface area contributed by atoms with E-state index in [2.05, 4.69) is 4.99 Å². The average Bonchev–Trinajstić information content (AvgIpc) is 2.13. The van der Waals surface area contributed by atoms with Crippen LogP contribution in [0.25, 0.3) is 0 Å². The van der Waals surface area contributed by atoms with Gasteiger partial charge in [0.25, 0.3) is 0 Å². The van der Waals surface area contributed by atoms with Gasteiger partial charge in [-0.1, -0.05) is 6.07 Å². The second-order valence-electron chi connectivity index (χ2n) is 2.31. The first-order valence-corrected chi connectivity index (χ1v) is 3.39. The average molecular weight is 183 g/mol. The number of phenols is 2. The lowest BCUT2D eigenvalue weighted by Gasteiger charge is -2.02. The minimum atomic E-state index is -0.973. The van der Waals surface area contributed by atoms with Crippen molar-refractivity contribution in [2.24, 2.45) is 4.99 Å². The Labute approximate surface area is 73.0 Å². The van der Waals surface area contributed by atoms with Gasteiger partial charge in [-0.2, -0.15) is 0 Å². The molecule has 0 bridgehead atoms. The number of halogens is 1. The van der Waals surface area contributed by atoms with Crippen LogP contribution in [0.2, 0.25) is 0 Å². The maximum Gasteiger partial charge on any atom is 0.235 e. The molecule has 5 heteroatoms. The van der Waals surface area contributed by atoms with Gasteiger partial charge in [0, 0.05) is 5.56 Å². The molecule has 0 aromatic heterocycles. The molecule has 0 fully saturated rings. The van der Waals surface area contributed by atoms with Gasteiger partial charge in [-0.25, -0.2) is 14.2 Å². The molecule has 0 aliphatic heterocycles. The maximum atomic E-state index is 13.0. The minimum Gasteiger partial charge on any atom is -0.504 e. The number of isocyanates is 1. The highest BCUT2D eigenvalue weighted by Crippen LogP contribution is 2.29. The molecular formula is C8H6FNO3. The Morgan fingerprint density at radius 2 is 2.15 bits per heavy atom. The lowest BCUT2D eigenvalue weighted by Crippen LogP contribution is -1.88. The Morgan fingerprint density at radius 1 is 1.46 bits per heavy atom. The lowest BCUT2D eigenvalue weighted by molar-refractivity contribution is 0.376. The Morgan fingerprint density at radius 3 is 2.77 bits per heavy atom. The van der Waals surface area contributed by atoms with E-state index in [9.17, 15) is 9.18 Å². The number of aromatic hydroxyl groups is 2. The Hall–Kier alpha value is -1.87. The van der Waals surface area contributed by atoms with Crippen LogP contribution in [0.1, 0.15) is 5.56 Å². The van der Waals surface area contributed by atoms with Gasteiger partial charge in [0.05, 0.1) is 6.54 Å². The van der Waals surface area contributed by atoms with Crippen LogP contribution in [0.15, 0.2) is 17.1 Å². The van der Waals surface area contributed by atoms with Crippen LogP contribution in [0.4, 0.5) is 4.39 Å². The molecule has 1 aromatic carbocycles. The van der Waals surface area contributed by atoms with E-state index in [-0.39, 0.29) is 12.1 Å². The molecule has 2 N–H and O–H groups in total. The van der Waals surface area contributed by atoms with Gasteiger partial charge < -0.3 is 10.2 Å². The molecule has 0 aliphatic rings. The van der Waals surface area contributed by atoms with Crippen LogP contribution in [0, 0.1) is 5.82 Å². The molecule has 1 aromatic rings. The normalized spacial score (nSPS) is 9.31. The summed E-state index contributed by atoms with van der Waals surface area (Å²) in [5, 5.41) is 17.8. The Bertz CT molecular complexity index is 372. The monoisotopic (exact) mass is 183 g/mol. The van der Waals surface area contributed by atoms with E-state index in [1.807, 2.05) is 0 Å². The number of phenolic OH excluding ortho intramolecular Hbond substituents is 2. The third-order valence-electron chi connectivity index (χ3n) is 1.49. The van der Waals surface area contributed by atoms with Crippen molar-refractivity contribution in [2.45, 2.75) is 6.54 Å². The zero-order valence-corrected chi connectivity index (χ0v) is 6.49. The van der Waals surface area contributed by atoms with E-state index < -0.39 is 17.3 Å². The molecule has 0 aliphatic carbocycles. The molecule has 4 nitrogen and oxygen atoms in total. The molecule has 0 radical (unpaired) electrons. The SMILES string of the molecule is O=C=NCc1ccc(O)c(O)c1F.